The lowest BCUT2D eigenvalue weighted by Crippen LogP contribution is -2.43. The van der Waals surface area contributed by atoms with Gasteiger partial charge in [0.15, 0.2) is 22.3 Å². The summed E-state index contributed by atoms with van der Waals surface area (Å²) in [7, 11) is -5.45. The molecule has 1 amide bonds. The number of amides is 1. The Bertz CT molecular complexity index is 2240. The normalized spacial score (nSPS) is 15.8. The molecule has 8 nitrogen and oxygen atoms in total. The molecule has 0 spiro atoms. The lowest BCUT2D eigenvalue weighted by Gasteiger charge is -2.29. The summed E-state index contributed by atoms with van der Waals surface area (Å²) in [4.78, 5) is 26.2. The van der Waals surface area contributed by atoms with Crippen LogP contribution in [0.3, 0.4) is 0 Å². The Kier molecular flexibility index (Phi) is 10.7. The first-order chi connectivity index (χ1) is 25.6. The third kappa shape index (κ3) is 8.06. The van der Waals surface area contributed by atoms with E-state index >= 15 is 8.78 Å². The maximum atomic E-state index is 15.5. The average molecular weight is 826 g/mol. The van der Waals surface area contributed by atoms with E-state index in [4.69, 9.17) is 39.5 Å². The molecule has 0 bridgehead atoms. The minimum absolute atomic E-state index is 0.0455. The van der Waals surface area contributed by atoms with Crippen LogP contribution >= 0.6 is 34.8 Å². The second-order valence-corrected chi connectivity index (χ2v) is 16.8. The highest BCUT2D eigenvalue weighted by Crippen LogP contribution is 2.46. The third-order valence-electron chi connectivity index (χ3n) is 9.53. The summed E-state index contributed by atoms with van der Waals surface area (Å²) in [5.74, 6) is -7.86. The Hall–Kier alpha value is -3.88. The van der Waals surface area contributed by atoms with Gasteiger partial charge in [-0.2, -0.15) is 4.31 Å². The van der Waals surface area contributed by atoms with Crippen molar-refractivity contribution in [2.45, 2.75) is 74.4 Å². The molecular formula is C38H31Cl3F4N2O6S. The van der Waals surface area contributed by atoms with Gasteiger partial charge in [-0.15, -0.1) is 0 Å². The Balaban J connectivity index is 1.35. The molecule has 0 heterocycles. The van der Waals surface area contributed by atoms with Crippen LogP contribution in [0.1, 0.15) is 83.0 Å². The van der Waals surface area contributed by atoms with E-state index < -0.39 is 73.2 Å². The first-order valence-corrected chi connectivity index (χ1v) is 19.6. The van der Waals surface area contributed by atoms with Gasteiger partial charge in [0.2, 0.25) is 15.9 Å². The second kappa shape index (κ2) is 15.0. The Morgan fingerprint density at radius 2 is 1.39 bits per heavy atom. The van der Waals surface area contributed by atoms with E-state index in [0.717, 1.165) is 55.0 Å². The Labute approximate surface area is 323 Å². The molecular weight excluding hydrogens is 795 g/mol. The van der Waals surface area contributed by atoms with Crippen LogP contribution < -0.4 is 9.64 Å². The molecule has 4 aromatic rings. The van der Waals surface area contributed by atoms with E-state index in [1.807, 2.05) is 12.1 Å². The molecule has 7 rings (SSSR count). The number of hydrogen-bond donors (Lipinski definition) is 1. The SMILES string of the molecule is O=C(O)c1ccc(N(Cc2cc(C3CC3)cc(C3CC3)c2)C(=O)CN(Cc2ccc(F)cc2Cl)S(=O)(=O)c2c(F)c(Cl)c(F)c(Cl)c2F)c(OC2CC2)c1. The number of sulfonamides is 1. The first-order valence-electron chi connectivity index (χ1n) is 17.1. The minimum atomic E-state index is -5.45. The highest BCUT2D eigenvalue weighted by atomic mass is 35.5. The fourth-order valence-corrected chi connectivity index (χ4v) is 8.47. The fraction of sp³-hybridized carbons (Fsp3) is 0.316. The van der Waals surface area contributed by atoms with Crippen molar-refractivity contribution in [3.05, 3.63) is 121 Å². The molecule has 1 N–H and O–H groups in total. The predicted octanol–water partition coefficient (Wildman–Crippen LogP) is 9.62. The maximum absolute atomic E-state index is 15.5. The third-order valence-corrected chi connectivity index (χ3v) is 12.4. The zero-order valence-electron chi connectivity index (χ0n) is 28.2. The number of aromatic carboxylic acids is 1. The number of carbonyl (C=O) groups is 2. The number of halogens is 7. The molecule has 3 saturated carbocycles. The van der Waals surface area contributed by atoms with Crippen molar-refractivity contribution < 1.29 is 45.4 Å². The van der Waals surface area contributed by atoms with Crippen molar-refractivity contribution in [3.8, 4) is 5.75 Å². The number of hydrogen-bond acceptors (Lipinski definition) is 5. The van der Waals surface area contributed by atoms with Gasteiger partial charge in [0, 0.05) is 11.6 Å². The van der Waals surface area contributed by atoms with E-state index in [1.165, 1.54) is 23.1 Å². The summed E-state index contributed by atoms with van der Waals surface area (Å²) >= 11 is 17.7. The number of carbonyl (C=O) groups excluding carboxylic acids is 1. The molecule has 16 heteroatoms. The number of nitrogens with zero attached hydrogens (tertiary/aromatic N) is 2. The van der Waals surface area contributed by atoms with E-state index in [1.54, 1.807) is 0 Å². The lowest BCUT2D eigenvalue weighted by molar-refractivity contribution is -0.119. The number of ether oxygens (including phenoxy) is 1. The van der Waals surface area contributed by atoms with Gasteiger partial charge in [-0.25, -0.2) is 30.8 Å². The minimum Gasteiger partial charge on any atom is -0.488 e. The number of benzene rings is 4. The molecule has 3 aliphatic carbocycles. The van der Waals surface area contributed by atoms with Crippen LogP contribution in [-0.2, 0) is 27.9 Å². The fourth-order valence-electron chi connectivity index (χ4n) is 6.20. The lowest BCUT2D eigenvalue weighted by atomic mass is 9.99. The zero-order chi connectivity index (χ0) is 38.6. The van der Waals surface area contributed by atoms with E-state index in [9.17, 15) is 31.9 Å². The molecule has 284 valence electrons. The summed E-state index contributed by atoms with van der Waals surface area (Å²) in [5.41, 5.74) is 2.85. The summed E-state index contributed by atoms with van der Waals surface area (Å²) in [5, 5.41) is 6.71. The molecule has 0 radical (unpaired) electrons. The highest BCUT2D eigenvalue weighted by molar-refractivity contribution is 7.89. The Morgan fingerprint density at radius 1 is 0.778 bits per heavy atom. The molecule has 0 unspecified atom stereocenters. The van der Waals surface area contributed by atoms with Crippen molar-refractivity contribution in [2.75, 3.05) is 11.4 Å². The van der Waals surface area contributed by atoms with Crippen LogP contribution in [0.2, 0.25) is 15.1 Å². The maximum Gasteiger partial charge on any atom is 0.335 e. The van der Waals surface area contributed by atoms with Gasteiger partial charge in [-0.1, -0.05) is 59.1 Å². The smallest absolute Gasteiger partial charge is 0.335 e. The van der Waals surface area contributed by atoms with Crippen molar-refractivity contribution in [2.24, 2.45) is 0 Å². The van der Waals surface area contributed by atoms with Crippen molar-refractivity contribution in [3.63, 3.8) is 0 Å². The van der Waals surface area contributed by atoms with Gasteiger partial charge in [-0.05, 0) is 103 Å². The van der Waals surface area contributed by atoms with Gasteiger partial charge in [0.25, 0.3) is 0 Å². The van der Waals surface area contributed by atoms with Crippen LogP contribution in [0.4, 0.5) is 23.2 Å². The average Bonchev–Trinajstić information content (AvgIpc) is 3.96. The van der Waals surface area contributed by atoms with Crippen molar-refractivity contribution in [1.29, 1.82) is 0 Å². The number of rotatable bonds is 14. The summed E-state index contributed by atoms with van der Waals surface area (Å²) in [6, 6.07) is 13.0. The molecule has 0 atom stereocenters. The van der Waals surface area contributed by atoms with Gasteiger partial charge >= 0.3 is 5.97 Å². The van der Waals surface area contributed by atoms with Crippen molar-refractivity contribution in [1.82, 2.24) is 4.31 Å². The topological polar surface area (TPSA) is 104 Å². The van der Waals surface area contributed by atoms with Crippen LogP contribution in [-0.4, -0.2) is 42.4 Å². The molecule has 4 aromatic carbocycles. The summed E-state index contributed by atoms with van der Waals surface area (Å²) in [6.07, 6.45) is 5.16. The molecule has 0 aliphatic heterocycles. The van der Waals surface area contributed by atoms with Gasteiger partial charge < -0.3 is 14.7 Å². The van der Waals surface area contributed by atoms with Gasteiger partial charge in [0.05, 0.1) is 30.4 Å². The molecule has 3 fully saturated rings. The second-order valence-electron chi connectivity index (χ2n) is 13.7. The van der Waals surface area contributed by atoms with E-state index in [2.05, 4.69) is 6.07 Å². The molecule has 0 saturated heterocycles. The van der Waals surface area contributed by atoms with Crippen LogP contribution in [0.15, 0.2) is 59.5 Å². The van der Waals surface area contributed by atoms with Crippen molar-refractivity contribution >= 4 is 62.4 Å². The number of anilines is 1. The van der Waals surface area contributed by atoms with Gasteiger partial charge in [0.1, 0.15) is 21.6 Å². The van der Waals surface area contributed by atoms with Gasteiger partial charge in [-0.3, -0.25) is 4.79 Å². The van der Waals surface area contributed by atoms with Crippen LogP contribution in [0, 0.1) is 23.3 Å². The van der Waals surface area contributed by atoms with E-state index in [-0.39, 0.29) is 40.2 Å². The quantitative estimate of drug-likeness (QED) is 0.0772. The van der Waals surface area contributed by atoms with Crippen LogP contribution in [0.5, 0.6) is 5.75 Å². The predicted molar refractivity (Wildman–Crippen MR) is 194 cm³/mol. The summed E-state index contributed by atoms with van der Waals surface area (Å²) in [6.45, 7) is -2.03. The van der Waals surface area contributed by atoms with E-state index in [0.29, 0.717) is 34.5 Å². The first kappa shape index (κ1) is 38.4. The number of carboxylic acid groups (broad SMARTS) is 1. The standard InChI is InChI=1S/C38H31Cl3F4N2O6S/c39-28-15-26(42)7-5-23(28)17-46(54(51,52)37-35(44)32(40)34(43)33(41)36(37)45)18-31(48)47(29-10-6-22(38(49)50)14-30(29)53-27-8-9-27)16-19-11-24(20-1-2-20)13-25(12-19)21-3-4-21/h5-7,10-15,20-21,27H,1-4,8-9,16-18H2,(H,49,50). The Morgan fingerprint density at radius 3 is 1.93 bits per heavy atom. The summed E-state index contributed by atoms with van der Waals surface area (Å²) < 4.78 is 94.4. The zero-order valence-corrected chi connectivity index (χ0v) is 31.3. The highest BCUT2D eigenvalue weighted by Gasteiger charge is 2.39. The monoisotopic (exact) mass is 824 g/mol. The molecule has 54 heavy (non-hydrogen) atoms. The number of carboxylic acids is 1. The van der Waals surface area contributed by atoms with Crippen LogP contribution in [0.25, 0.3) is 0 Å². The molecule has 0 aromatic heterocycles. The molecule has 3 aliphatic rings. The largest absolute Gasteiger partial charge is 0.488 e.